The summed E-state index contributed by atoms with van der Waals surface area (Å²) < 4.78 is 13.4. The van der Waals surface area contributed by atoms with E-state index in [2.05, 4.69) is 54.1 Å². The smallest absolute Gasteiger partial charge is 0.255 e. The van der Waals surface area contributed by atoms with Crippen molar-refractivity contribution in [1.29, 1.82) is 0 Å². The predicted molar refractivity (Wildman–Crippen MR) is 132 cm³/mol. The zero-order valence-electron chi connectivity index (χ0n) is 19.1. The Labute approximate surface area is 197 Å². The van der Waals surface area contributed by atoms with Gasteiger partial charge in [-0.2, -0.15) is 0 Å². The molecule has 5 aromatic rings. The molecule has 3 aromatic carbocycles. The number of hydrogen-bond acceptors (Lipinski definition) is 3. The third-order valence-electron chi connectivity index (χ3n) is 6.73. The van der Waals surface area contributed by atoms with Crippen molar-refractivity contribution in [2.24, 2.45) is 7.05 Å². The number of carbonyl (C=O) groups excluding carboxylic acids is 1. The van der Waals surface area contributed by atoms with Crippen LogP contribution in [0.1, 0.15) is 33.3 Å². The Hall–Kier alpha value is -4.25. The number of benzene rings is 3. The highest BCUT2D eigenvalue weighted by Crippen LogP contribution is 2.47. The van der Waals surface area contributed by atoms with Crippen molar-refractivity contribution in [3.05, 3.63) is 114 Å². The van der Waals surface area contributed by atoms with Gasteiger partial charge in [0.15, 0.2) is 0 Å². The predicted octanol–water partition coefficient (Wildman–Crippen LogP) is 6.19. The molecule has 0 saturated carbocycles. The Kier molecular flexibility index (Phi) is 4.77. The molecule has 0 fully saturated rings. The van der Waals surface area contributed by atoms with Crippen LogP contribution in [0.4, 0.5) is 0 Å². The molecule has 0 spiro atoms. The van der Waals surface area contributed by atoms with Crippen molar-refractivity contribution >= 4 is 16.8 Å². The standard InChI is InChI=1S/C29H24N2O3/c1-30-25-15-6-5-14-24(25)26(27(30)19-9-7-10-20(17-19)33-2)28-22-12-3-4-13-23(22)29(32)31(28)18-21-11-8-16-34-21/h3-17,28H,18H2,1-2H3/t28-/m0/s1. The molecule has 5 nitrogen and oxygen atoms in total. The number of amides is 1. The molecule has 0 unspecified atom stereocenters. The van der Waals surface area contributed by atoms with Crippen LogP contribution in [0.25, 0.3) is 22.2 Å². The minimum absolute atomic E-state index is 0.0153. The van der Waals surface area contributed by atoms with Crippen LogP contribution in [-0.2, 0) is 13.6 Å². The number of nitrogens with zero attached hydrogens (tertiary/aromatic N) is 2. The highest BCUT2D eigenvalue weighted by molar-refractivity contribution is 6.02. The van der Waals surface area contributed by atoms with Gasteiger partial charge >= 0.3 is 0 Å². The normalized spacial score (nSPS) is 15.2. The van der Waals surface area contributed by atoms with E-state index in [1.165, 1.54) is 0 Å². The lowest BCUT2D eigenvalue weighted by Gasteiger charge is -2.26. The van der Waals surface area contributed by atoms with Crippen LogP contribution < -0.4 is 4.74 Å². The van der Waals surface area contributed by atoms with Gasteiger partial charge in [-0.15, -0.1) is 0 Å². The van der Waals surface area contributed by atoms with Gasteiger partial charge in [0.1, 0.15) is 11.5 Å². The molecule has 1 amide bonds. The Morgan fingerprint density at radius 1 is 0.941 bits per heavy atom. The fourth-order valence-corrected chi connectivity index (χ4v) is 5.23. The first-order valence-corrected chi connectivity index (χ1v) is 11.3. The van der Waals surface area contributed by atoms with E-state index in [9.17, 15) is 4.79 Å². The van der Waals surface area contributed by atoms with Crippen molar-refractivity contribution in [1.82, 2.24) is 9.47 Å². The Balaban J connectivity index is 1.65. The first-order valence-electron chi connectivity index (χ1n) is 11.3. The van der Waals surface area contributed by atoms with Crippen molar-refractivity contribution in [2.45, 2.75) is 12.6 Å². The van der Waals surface area contributed by atoms with Crippen LogP contribution in [0.15, 0.2) is 95.6 Å². The number of methoxy groups -OCH3 is 1. The summed E-state index contributed by atoms with van der Waals surface area (Å²) in [6, 6.07) is 27.9. The molecule has 0 N–H and O–H groups in total. The van der Waals surface area contributed by atoms with Crippen LogP contribution >= 0.6 is 0 Å². The summed E-state index contributed by atoms with van der Waals surface area (Å²) in [4.78, 5) is 15.6. The quantitative estimate of drug-likeness (QED) is 0.322. The lowest BCUT2D eigenvalue weighted by Crippen LogP contribution is -2.28. The SMILES string of the molecule is COc1cccc(-c2c([C@@H]3c4ccccc4C(=O)N3Cc3ccco3)c3ccccc3n2C)c1. The maximum atomic E-state index is 13.7. The fraction of sp³-hybridized carbons (Fsp3) is 0.138. The molecule has 1 aliphatic heterocycles. The Morgan fingerprint density at radius 2 is 1.76 bits per heavy atom. The minimum Gasteiger partial charge on any atom is -0.497 e. The number of para-hydroxylation sites is 1. The number of furan rings is 1. The molecule has 1 aliphatic rings. The number of carbonyl (C=O) groups is 1. The molecule has 34 heavy (non-hydrogen) atoms. The molecule has 1 atom stereocenters. The largest absolute Gasteiger partial charge is 0.497 e. The van der Waals surface area contributed by atoms with E-state index in [0.29, 0.717) is 6.54 Å². The van der Waals surface area contributed by atoms with Gasteiger partial charge in [-0.25, -0.2) is 0 Å². The number of aryl methyl sites for hydroxylation is 1. The van der Waals surface area contributed by atoms with Gasteiger partial charge in [0.2, 0.25) is 0 Å². The van der Waals surface area contributed by atoms with Gasteiger partial charge in [0.25, 0.3) is 5.91 Å². The molecule has 0 bridgehead atoms. The number of rotatable bonds is 5. The maximum absolute atomic E-state index is 13.7. The van der Waals surface area contributed by atoms with Gasteiger partial charge in [-0.1, -0.05) is 48.5 Å². The zero-order valence-corrected chi connectivity index (χ0v) is 19.1. The summed E-state index contributed by atoms with van der Waals surface area (Å²) >= 11 is 0. The Bertz CT molecular complexity index is 1510. The summed E-state index contributed by atoms with van der Waals surface area (Å²) in [6.45, 7) is 0.395. The summed E-state index contributed by atoms with van der Waals surface area (Å²) in [6.07, 6.45) is 1.65. The molecular weight excluding hydrogens is 424 g/mol. The van der Waals surface area contributed by atoms with Crippen LogP contribution in [0.2, 0.25) is 0 Å². The second kappa shape index (κ2) is 7.96. The third-order valence-corrected chi connectivity index (χ3v) is 6.73. The number of fused-ring (bicyclic) bond motifs is 2. The van der Waals surface area contributed by atoms with Gasteiger partial charge in [0, 0.05) is 34.6 Å². The van der Waals surface area contributed by atoms with E-state index in [1.807, 2.05) is 47.4 Å². The number of aromatic nitrogens is 1. The lowest BCUT2D eigenvalue weighted by molar-refractivity contribution is 0.0724. The third kappa shape index (κ3) is 3.05. The molecule has 0 aliphatic carbocycles. The second-order valence-electron chi connectivity index (χ2n) is 8.57. The monoisotopic (exact) mass is 448 g/mol. The summed E-state index contributed by atoms with van der Waals surface area (Å²) in [5.74, 6) is 1.57. The summed E-state index contributed by atoms with van der Waals surface area (Å²) in [5.41, 5.74) is 6.09. The highest BCUT2D eigenvalue weighted by Gasteiger charge is 2.40. The summed E-state index contributed by atoms with van der Waals surface area (Å²) in [5, 5.41) is 1.13. The fourth-order valence-electron chi connectivity index (χ4n) is 5.23. The van der Waals surface area contributed by atoms with Gasteiger partial charge in [0.05, 0.1) is 31.7 Å². The maximum Gasteiger partial charge on any atom is 0.255 e. The first-order chi connectivity index (χ1) is 16.7. The van der Waals surface area contributed by atoms with E-state index >= 15 is 0 Å². The zero-order chi connectivity index (χ0) is 23.2. The first kappa shape index (κ1) is 20.4. The molecule has 6 rings (SSSR count). The van der Waals surface area contributed by atoms with Gasteiger partial charge in [-0.05, 0) is 42.0 Å². The number of hydrogen-bond donors (Lipinski definition) is 0. The van der Waals surface area contributed by atoms with Gasteiger partial charge < -0.3 is 18.6 Å². The van der Waals surface area contributed by atoms with E-state index in [0.717, 1.165) is 50.4 Å². The molecule has 5 heteroatoms. The van der Waals surface area contributed by atoms with E-state index in [4.69, 9.17) is 9.15 Å². The van der Waals surface area contributed by atoms with Crippen molar-refractivity contribution in [2.75, 3.05) is 7.11 Å². The lowest BCUT2D eigenvalue weighted by atomic mass is 9.93. The van der Waals surface area contributed by atoms with Crippen molar-refractivity contribution < 1.29 is 13.9 Å². The van der Waals surface area contributed by atoms with Crippen LogP contribution in [0.3, 0.4) is 0 Å². The van der Waals surface area contributed by atoms with Crippen molar-refractivity contribution in [3.8, 4) is 17.0 Å². The summed E-state index contributed by atoms with van der Waals surface area (Å²) in [7, 11) is 3.76. The number of ether oxygens (including phenoxy) is 1. The average Bonchev–Trinajstić information content (AvgIpc) is 3.56. The topological polar surface area (TPSA) is 47.6 Å². The molecular formula is C29H24N2O3. The van der Waals surface area contributed by atoms with E-state index < -0.39 is 0 Å². The molecule has 0 radical (unpaired) electrons. The van der Waals surface area contributed by atoms with Crippen LogP contribution in [0, 0.1) is 0 Å². The van der Waals surface area contributed by atoms with Crippen LogP contribution in [0.5, 0.6) is 5.75 Å². The van der Waals surface area contributed by atoms with Crippen LogP contribution in [-0.4, -0.2) is 22.5 Å². The molecule has 168 valence electrons. The molecule has 0 saturated heterocycles. The Morgan fingerprint density at radius 3 is 2.59 bits per heavy atom. The van der Waals surface area contributed by atoms with E-state index in [-0.39, 0.29) is 11.9 Å². The van der Waals surface area contributed by atoms with Crippen molar-refractivity contribution in [3.63, 3.8) is 0 Å². The highest BCUT2D eigenvalue weighted by atomic mass is 16.5. The average molecular weight is 449 g/mol. The molecule has 2 aromatic heterocycles. The minimum atomic E-state index is -0.249. The van der Waals surface area contributed by atoms with E-state index in [1.54, 1.807) is 13.4 Å². The second-order valence-corrected chi connectivity index (χ2v) is 8.57. The van der Waals surface area contributed by atoms with Gasteiger partial charge in [-0.3, -0.25) is 4.79 Å². The molecule has 3 heterocycles.